The van der Waals surface area contributed by atoms with Crippen LogP contribution in [-0.2, 0) is 20.7 Å². The van der Waals surface area contributed by atoms with Crippen LogP contribution >= 0.6 is 0 Å². The fourth-order valence-electron chi connectivity index (χ4n) is 4.30. The van der Waals surface area contributed by atoms with Crippen molar-refractivity contribution < 1.29 is 24.0 Å². The van der Waals surface area contributed by atoms with Crippen LogP contribution in [0.3, 0.4) is 0 Å². The van der Waals surface area contributed by atoms with Gasteiger partial charge in [0.05, 0.1) is 16.3 Å². The first-order valence-corrected chi connectivity index (χ1v) is 11.8. The average Bonchev–Trinajstić information content (AvgIpc) is 2.79. The molecule has 188 valence electrons. The lowest BCUT2D eigenvalue weighted by molar-refractivity contribution is -0.385. The Morgan fingerprint density at radius 2 is 1.29 bits per heavy atom. The van der Waals surface area contributed by atoms with E-state index < -0.39 is 22.2 Å². The number of hydrogen-bond donors (Lipinski definition) is 0. The minimum atomic E-state index is -0.858. The van der Waals surface area contributed by atoms with Gasteiger partial charge in [-0.1, -0.05) is 32.0 Å². The molecule has 0 saturated carbocycles. The Morgan fingerprint density at radius 3 is 1.80 bits per heavy atom. The number of cyclic esters (lactones) is 2. The fourth-order valence-corrected chi connectivity index (χ4v) is 4.30. The van der Waals surface area contributed by atoms with Crippen molar-refractivity contribution in [3.05, 3.63) is 63.7 Å². The molecule has 0 unspecified atom stereocenters. The van der Waals surface area contributed by atoms with E-state index in [0.29, 0.717) is 24.3 Å². The van der Waals surface area contributed by atoms with E-state index in [-0.39, 0.29) is 11.8 Å². The molecule has 0 N–H and O–H groups in total. The molecule has 0 bridgehead atoms. The molecule has 0 spiro atoms. The molecule has 2 heterocycles. The van der Waals surface area contributed by atoms with Crippen LogP contribution in [0.5, 0.6) is 0 Å². The molecule has 0 aromatic heterocycles. The van der Waals surface area contributed by atoms with Crippen molar-refractivity contribution in [3.8, 4) is 0 Å². The molecule has 9 heteroatoms. The molecule has 2 aromatic carbocycles. The van der Waals surface area contributed by atoms with Crippen LogP contribution < -0.4 is 9.80 Å². The molecule has 0 fully saturated rings. The first kappa shape index (κ1) is 26.0. The van der Waals surface area contributed by atoms with Gasteiger partial charge in [0.15, 0.2) is 0 Å². The molecular weight excluding hydrogens is 450 g/mol. The number of nitro groups is 1. The number of nitro benzene ring substituents is 1. The zero-order valence-corrected chi connectivity index (χ0v) is 21.2. The number of amides is 2. The van der Waals surface area contributed by atoms with Crippen LogP contribution in [0, 0.1) is 10.1 Å². The SMILES string of the molecule is CCCN1C(=O)OC(C)(C)c2cc([N+](=O)[O-])ccc21.CCCN1C(=O)OC(C)(C)c2ccccc21. The minimum absolute atomic E-state index is 0.00113. The predicted molar refractivity (Wildman–Crippen MR) is 134 cm³/mol. The highest BCUT2D eigenvalue weighted by Gasteiger charge is 2.39. The van der Waals surface area contributed by atoms with Gasteiger partial charge >= 0.3 is 12.2 Å². The Labute approximate surface area is 205 Å². The van der Waals surface area contributed by atoms with Crippen molar-refractivity contribution in [3.63, 3.8) is 0 Å². The van der Waals surface area contributed by atoms with Crippen LogP contribution in [-0.4, -0.2) is 30.2 Å². The Bertz CT molecular complexity index is 1130. The molecule has 2 aromatic rings. The third-order valence-electron chi connectivity index (χ3n) is 5.99. The minimum Gasteiger partial charge on any atom is -0.438 e. The van der Waals surface area contributed by atoms with Crippen molar-refractivity contribution in [2.45, 2.75) is 65.6 Å². The van der Waals surface area contributed by atoms with Gasteiger partial charge in [-0.15, -0.1) is 0 Å². The topological polar surface area (TPSA) is 102 Å². The number of nitrogens with zero attached hydrogens (tertiary/aromatic N) is 3. The number of non-ortho nitro benzene ring substituents is 1. The summed E-state index contributed by atoms with van der Waals surface area (Å²) in [5, 5.41) is 10.9. The van der Waals surface area contributed by atoms with Gasteiger partial charge in [-0.3, -0.25) is 19.9 Å². The largest absolute Gasteiger partial charge is 0.438 e. The maximum Gasteiger partial charge on any atom is 0.415 e. The molecule has 2 aliphatic heterocycles. The van der Waals surface area contributed by atoms with Gasteiger partial charge in [-0.2, -0.15) is 0 Å². The number of hydrogen-bond acceptors (Lipinski definition) is 6. The van der Waals surface area contributed by atoms with Crippen LogP contribution in [0.4, 0.5) is 26.7 Å². The molecule has 4 rings (SSSR count). The molecule has 35 heavy (non-hydrogen) atoms. The van der Waals surface area contributed by atoms with Gasteiger partial charge in [-0.25, -0.2) is 9.59 Å². The van der Waals surface area contributed by atoms with Gasteiger partial charge in [0.2, 0.25) is 0 Å². The summed E-state index contributed by atoms with van der Waals surface area (Å²) >= 11 is 0. The molecule has 0 aliphatic carbocycles. The second-order valence-electron chi connectivity index (χ2n) is 9.54. The van der Waals surface area contributed by atoms with Crippen molar-refractivity contribution in [2.75, 3.05) is 22.9 Å². The maximum atomic E-state index is 12.0. The van der Waals surface area contributed by atoms with E-state index in [9.17, 15) is 19.7 Å². The van der Waals surface area contributed by atoms with Gasteiger partial charge < -0.3 is 9.47 Å². The Balaban J connectivity index is 0.000000198. The van der Waals surface area contributed by atoms with Gasteiger partial charge in [-0.05, 0) is 52.7 Å². The Kier molecular flexibility index (Phi) is 7.38. The van der Waals surface area contributed by atoms with Crippen molar-refractivity contribution in [2.24, 2.45) is 0 Å². The molecule has 2 amide bonds. The quantitative estimate of drug-likeness (QED) is 0.356. The smallest absolute Gasteiger partial charge is 0.415 e. The van der Waals surface area contributed by atoms with Crippen molar-refractivity contribution in [1.82, 2.24) is 0 Å². The normalized spacial score (nSPS) is 17.3. The van der Waals surface area contributed by atoms with E-state index in [1.807, 2.05) is 45.0 Å². The van der Waals surface area contributed by atoms with Crippen LogP contribution in [0.1, 0.15) is 65.5 Å². The lowest BCUT2D eigenvalue weighted by Crippen LogP contribution is -2.43. The number of anilines is 2. The zero-order chi connectivity index (χ0) is 26.0. The lowest BCUT2D eigenvalue weighted by atomic mass is 9.93. The molecule has 0 radical (unpaired) electrons. The average molecular weight is 484 g/mol. The molecule has 9 nitrogen and oxygen atoms in total. The molecular formula is C26H33N3O6. The summed E-state index contributed by atoms with van der Waals surface area (Å²) in [7, 11) is 0. The first-order valence-electron chi connectivity index (χ1n) is 11.8. The Hall–Kier alpha value is -3.62. The highest BCUT2D eigenvalue weighted by Crippen LogP contribution is 2.41. The second-order valence-corrected chi connectivity index (χ2v) is 9.54. The summed E-state index contributed by atoms with van der Waals surface area (Å²) in [6.07, 6.45) is 1.05. The number of fused-ring (bicyclic) bond motifs is 2. The molecule has 0 saturated heterocycles. The second kappa shape index (κ2) is 9.93. The van der Waals surface area contributed by atoms with Gasteiger partial charge in [0.25, 0.3) is 5.69 Å². The predicted octanol–water partition coefficient (Wildman–Crippen LogP) is 6.48. The van der Waals surface area contributed by atoms with Crippen molar-refractivity contribution >= 4 is 29.2 Å². The summed E-state index contributed by atoms with van der Waals surface area (Å²) in [5.41, 5.74) is 2.01. The van der Waals surface area contributed by atoms with E-state index in [1.54, 1.807) is 24.8 Å². The van der Waals surface area contributed by atoms with Crippen LogP contribution in [0.15, 0.2) is 42.5 Å². The zero-order valence-electron chi connectivity index (χ0n) is 21.2. The monoisotopic (exact) mass is 483 g/mol. The Morgan fingerprint density at radius 1 is 0.800 bits per heavy atom. The molecule has 2 aliphatic rings. The number of ether oxygens (including phenoxy) is 2. The fraction of sp³-hybridized carbons (Fsp3) is 0.462. The maximum absolute atomic E-state index is 12.0. The first-order chi connectivity index (χ1) is 16.4. The summed E-state index contributed by atoms with van der Waals surface area (Å²) < 4.78 is 10.8. The summed E-state index contributed by atoms with van der Waals surface area (Å²) in [6, 6.07) is 12.4. The number of carbonyl (C=O) groups excluding carboxylic acids is 2. The molecule has 0 atom stereocenters. The van der Waals surface area contributed by atoms with E-state index in [0.717, 1.165) is 24.1 Å². The summed E-state index contributed by atoms with van der Waals surface area (Å²) in [5.74, 6) is 0. The number of benzene rings is 2. The summed E-state index contributed by atoms with van der Waals surface area (Å²) in [6.45, 7) is 12.5. The van der Waals surface area contributed by atoms with Crippen LogP contribution in [0.2, 0.25) is 0 Å². The summed E-state index contributed by atoms with van der Waals surface area (Å²) in [4.78, 5) is 37.5. The van der Waals surface area contributed by atoms with E-state index >= 15 is 0 Å². The number of carbonyl (C=O) groups is 2. The van der Waals surface area contributed by atoms with E-state index in [2.05, 4.69) is 6.92 Å². The van der Waals surface area contributed by atoms with Crippen LogP contribution in [0.25, 0.3) is 0 Å². The lowest BCUT2D eigenvalue weighted by Gasteiger charge is -2.38. The van der Waals surface area contributed by atoms with E-state index in [4.69, 9.17) is 9.47 Å². The number of rotatable bonds is 5. The third kappa shape index (κ3) is 5.23. The number of para-hydroxylation sites is 1. The van der Waals surface area contributed by atoms with Gasteiger partial charge in [0.1, 0.15) is 11.2 Å². The van der Waals surface area contributed by atoms with Gasteiger partial charge in [0, 0.05) is 36.3 Å². The van der Waals surface area contributed by atoms with E-state index in [1.165, 1.54) is 17.0 Å². The highest BCUT2D eigenvalue weighted by molar-refractivity contribution is 5.92. The van der Waals surface area contributed by atoms with Crippen molar-refractivity contribution in [1.29, 1.82) is 0 Å². The standard InChI is InChI=1S/C13H16N2O4.C13H17NO2/c1-4-7-14-11-6-5-9(15(17)18)8-10(11)13(2,3)19-12(14)16;1-4-9-14-11-8-6-5-7-10(11)13(2,3)16-12(14)15/h5-6,8H,4,7H2,1-3H3;5-8H,4,9H2,1-3H3. The third-order valence-corrected chi connectivity index (χ3v) is 5.99. The highest BCUT2D eigenvalue weighted by atomic mass is 16.6.